The summed E-state index contributed by atoms with van der Waals surface area (Å²) in [5.41, 5.74) is 11.2. The van der Waals surface area contributed by atoms with Crippen LogP contribution in [0.15, 0.2) is 48.5 Å². The highest BCUT2D eigenvalue weighted by atomic mass is 14.9. The minimum Gasteiger partial charge on any atom is -0.399 e. The molecule has 0 saturated carbocycles. The quantitative estimate of drug-likeness (QED) is 0.622. The predicted octanol–water partition coefficient (Wildman–Crippen LogP) is 3.67. The van der Waals surface area contributed by atoms with E-state index in [2.05, 4.69) is 35.4 Å². The molecule has 2 aromatic carbocycles. The standard InChI is InChI=1S/C16H17N3/c1-11-16(14-4-2-3-5-15(14)19-11)18-10-12-6-8-13(17)9-7-12/h2-9,18-19H,10,17H2,1H3. The van der Waals surface area contributed by atoms with Gasteiger partial charge in [0.25, 0.3) is 0 Å². The number of fused-ring (bicyclic) bond motifs is 1. The van der Waals surface area contributed by atoms with Crippen LogP contribution in [0.3, 0.4) is 0 Å². The third kappa shape index (κ3) is 2.27. The molecule has 1 aromatic heterocycles. The SMILES string of the molecule is Cc1[nH]c2ccccc2c1NCc1ccc(N)cc1. The van der Waals surface area contributed by atoms with Crippen LogP contribution in [0.25, 0.3) is 10.9 Å². The number of H-pyrrole nitrogens is 1. The van der Waals surface area contributed by atoms with E-state index >= 15 is 0 Å². The second-order valence-corrected chi connectivity index (χ2v) is 4.77. The van der Waals surface area contributed by atoms with Gasteiger partial charge in [0.2, 0.25) is 0 Å². The highest BCUT2D eigenvalue weighted by Gasteiger charge is 2.06. The van der Waals surface area contributed by atoms with E-state index in [1.165, 1.54) is 22.2 Å². The third-order valence-electron chi connectivity index (χ3n) is 3.34. The van der Waals surface area contributed by atoms with Gasteiger partial charge in [0.05, 0.1) is 5.69 Å². The Balaban J connectivity index is 1.85. The van der Waals surface area contributed by atoms with Crippen LogP contribution in [-0.4, -0.2) is 4.98 Å². The van der Waals surface area contributed by atoms with Gasteiger partial charge in [-0.2, -0.15) is 0 Å². The van der Waals surface area contributed by atoms with Crippen molar-refractivity contribution in [3.63, 3.8) is 0 Å². The molecule has 0 bridgehead atoms. The number of para-hydroxylation sites is 1. The highest BCUT2D eigenvalue weighted by molar-refractivity contribution is 5.94. The molecule has 0 aliphatic rings. The normalized spacial score (nSPS) is 10.8. The number of rotatable bonds is 3. The minimum absolute atomic E-state index is 0.795. The van der Waals surface area contributed by atoms with Crippen molar-refractivity contribution < 1.29 is 0 Å². The zero-order valence-corrected chi connectivity index (χ0v) is 10.9. The Morgan fingerprint density at radius 3 is 2.58 bits per heavy atom. The Bertz CT molecular complexity index is 696. The zero-order valence-electron chi connectivity index (χ0n) is 10.9. The summed E-state index contributed by atoms with van der Waals surface area (Å²) in [7, 11) is 0. The van der Waals surface area contributed by atoms with Gasteiger partial charge >= 0.3 is 0 Å². The van der Waals surface area contributed by atoms with Gasteiger partial charge in [0.15, 0.2) is 0 Å². The molecular formula is C16H17N3. The average Bonchev–Trinajstić information content (AvgIpc) is 2.74. The number of hydrogen-bond donors (Lipinski definition) is 3. The highest BCUT2D eigenvalue weighted by Crippen LogP contribution is 2.27. The van der Waals surface area contributed by atoms with Crippen LogP contribution in [0, 0.1) is 6.92 Å². The average molecular weight is 251 g/mol. The van der Waals surface area contributed by atoms with Gasteiger partial charge in [0.1, 0.15) is 0 Å². The molecule has 0 radical (unpaired) electrons. The summed E-state index contributed by atoms with van der Waals surface area (Å²) in [6.07, 6.45) is 0. The van der Waals surface area contributed by atoms with E-state index in [9.17, 15) is 0 Å². The van der Waals surface area contributed by atoms with Crippen molar-refractivity contribution in [2.24, 2.45) is 0 Å². The van der Waals surface area contributed by atoms with E-state index in [0.29, 0.717) is 0 Å². The first-order valence-electron chi connectivity index (χ1n) is 6.39. The van der Waals surface area contributed by atoms with E-state index in [1.807, 2.05) is 30.3 Å². The molecule has 1 heterocycles. The number of nitrogen functional groups attached to an aromatic ring is 1. The van der Waals surface area contributed by atoms with Crippen molar-refractivity contribution in [1.29, 1.82) is 0 Å². The van der Waals surface area contributed by atoms with Gasteiger partial charge < -0.3 is 16.0 Å². The van der Waals surface area contributed by atoms with E-state index in [0.717, 1.165) is 17.9 Å². The molecule has 0 atom stereocenters. The number of nitrogens with two attached hydrogens (primary N) is 1. The van der Waals surface area contributed by atoms with E-state index in [-0.39, 0.29) is 0 Å². The number of hydrogen-bond acceptors (Lipinski definition) is 2. The lowest BCUT2D eigenvalue weighted by Gasteiger charge is -2.07. The van der Waals surface area contributed by atoms with E-state index in [4.69, 9.17) is 5.73 Å². The van der Waals surface area contributed by atoms with Crippen LogP contribution in [0.2, 0.25) is 0 Å². The van der Waals surface area contributed by atoms with Crippen molar-refractivity contribution in [2.45, 2.75) is 13.5 Å². The molecule has 19 heavy (non-hydrogen) atoms. The molecule has 0 aliphatic heterocycles. The van der Waals surface area contributed by atoms with Crippen LogP contribution in [-0.2, 0) is 6.54 Å². The largest absolute Gasteiger partial charge is 0.399 e. The van der Waals surface area contributed by atoms with Gasteiger partial charge in [-0.05, 0) is 30.7 Å². The minimum atomic E-state index is 0.795. The van der Waals surface area contributed by atoms with Crippen molar-refractivity contribution in [2.75, 3.05) is 11.1 Å². The number of aromatic amines is 1. The lowest BCUT2D eigenvalue weighted by atomic mass is 10.2. The smallest absolute Gasteiger partial charge is 0.0630 e. The summed E-state index contributed by atoms with van der Waals surface area (Å²) in [6.45, 7) is 2.88. The van der Waals surface area contributed by atoms with E-state index < -0.39 is 0 Å². The van der Waals surface area contributed by atoms with Crippen LogP contribution in [0.5, 0.6) is 0 Å². The second-order valence-electron chi connectivity index (χ2n) is 4.77. The Morgan fingerprint density at radius 1 is 1.05 bits per heavy atom. The van der Waals surface area contributed by atoms with Gasteiger partial charge in [-0.25, -0.2) is 0 Å². The van der Waals surface area contributed by atoms with Gasteiger partial charge in [-0.15, -0.1) is 0 Å². The molecular weight excluding hydrogens is 234 g/mol. The lowest BCUT2D eigenvalue weighted by molar-refractivity contribution is 1.14. The maximum absolute atomic E-state index is 5.69. The van der Waals surface area contributed by atoms with Crippen molar-refractivity contribution in [3.8, 4) is 0 Å². The Labute approximate surface area is 112 Å². The van der Waals surface area contributed by atoms with Crippen molar-refractivity contribution in [3.05, 3.63) is 59.8 Å². The number of benzene rings is 2. The van der Waals surface area contributed by atoms with E-state index in [1.54, 1.807) is 0 Å². The molecule has 0 amide bonds. The first-order chi connectivity index (χ1) is 9.24. The molecule has 96 valence electrons. The van der Waals surface area contributed by atoms with Crippen LogP contribution < -0.4 is 11.1 Å². The molecule has 4 N–H and O–H groups in total. The molecule has 3 aromatic rings. The van der Waals surface area contributed by atoms with Crippen molar-refractivity contribution >= 4 is 22.3 Å². The van der Waals surface area contributed by atoms with Gasteiger partial charge in [-0.1, -0.05) is 30.3 Å². The number of aryl methyl sites for hydroxylation is 1. The summed E-state index contributed by atoms with van der Waals surface area (Å²) >= 11 is 0. The molecule has 0 aliphatic carbocycles. The molecule has 3 rings (SSSR count). The molecule has 3 heteroatoms. The Morgan fingerprint density at radius 2 is 1.79 bits per heavy atom. The molecule has 0 spiro atoms. The van der Waals surface area contributed by atoms with Gasteiger partial charge in [-0.3, -0.25) is 0 Å². The van der Waals surface area contributed by atoms with Crippen LogP contribution in [0.4, 0.5) is 11.4 Å². The first kappa shape index (κ1) is 11.7. The zero-order chi connectivity index (χ0) is 13.2. The molecule has 0 unspecified atom stereocenters. The first-order valence-corrected chi connectivity index (χ1v) is 6.39. The molecule has 0 saturated heterocycles. The maximum atomic E-state index is 5.69. The predicted molar refractivity (Wildman–Crippen MR) is 81.2 cm³/mol. The lowest BCUT2D eigenvalue weighted by Crippen LogP contribution is -2.00. The number of anilines is 2. The Hall–Kier alpha value is -2.42. The maximum Gasteiger partial charge on any atom is 0.0630 e. The van der Waals surface area contributed by atoms with Crippen molar-refractivity contribution in [1.82, 2.24) is 4.98 Å². The summed E-state index contributed by atoms with van der Waals surface area (Å²) in [5.74, 6) is 0. The summed E-state index contributed by atoms with van der Waals surface area (Å²) in [5, 5.41) is 4.73. The number of aromatic nitrogens is 1. The van der Waals surface area contributed by atoms with Crippen LogP contribution in [0.1, 0.15) is 11.3 Å². The van der Waals surface area contributed by atoms with Gasteiger partial charge in [0, 0.05) is 28.8 Å². The number of nitrogens with one attached hydrogen (secondary N) is 2. The third-order valence-corrected chi connectivity index (χ3v) is 3.34. The van der Waals surface area contributed by atoms with Crippen LogP contribution >= 0.6 is 0 Å². The molecule has 0 fully saturated rings. The molecule has 3 nitrogen and oxygen atoms in total. The monoisotopic (exact) mass is 251 g/mol. The summed E-state index contributed by atoms with van der Waals surface area (Å²) in [4.78, 5) is 3.39. The second kappa shape index (κ2) is 4.69. The summed E-state index contributed by atoms with van der Waals surface area (Å²) < 4.78 is 0. The Kier molecular flexibility index (Phi) is 2.88. The topological polar surface area (TPSA) is 53.8 Å². The fraction of sp³-hybridized carbons (Fsp3) is 0.125. The fourth-order valence-electron chi connectivity index (χ4n) is 2.33. The summed E-state index contributed by atoms with van der Waals surface area (Å²) in [6, 6.07) is 16.3. The fourth-order valence-corrected chi connectivity index (χ4v) is 2.33.